The minimum absolute atomic E-state index is 0.0678. The van der Waals surface area contributed by atoms with Gasteiger partial charge in [0.1, 0.15) is 5.75 Å². The van der Waals surface area contributed by atoms with Crippen molar-refractivity contribution in [2.75, 3.05) is 0 Å². The quantitative estimate of drug-likeness (QED) is 0.859. The molecule has 0 aliphatic rings. The van der Waals surface area contributed by atoms with E-state index in [2.05, 4.69) is 5.32 Å². The third kappa shape index (κ3) is 4.57. The van der Waals surface area contributed by atoms with Crippen molar-refractivity contribution in [2.24, 2.45) is 0 Å². The molecule has 4 heteroatoms. The maximum atomic E-state index is 12.0. The molecule has 0 radical (unpaired) electrons. The number of carbonyl (C=O) groups is 1. The summed E-state index contributed by atoms with van der Waals surface area (Å²) in [6.45, 7) is 5.94. The molecule has 0 aliphatic heterocycles. The molecule has 1 rings (SSSR count). The lowest BCUT2D eigenvalue weighted by Gasteiger charge is -2.19. The Morgan fingerprint density at radius 2 is 1.89 bits per heavy atom. The van der Waals surface area contributed by atoms with Crippen LogP contribution in [0.15, 0.2) is 24.3 Å². The van der Waals surface area contributed by atoms with Gasteiger partial charge in [0.2, 0.25) is 0 Å². The number of benzene rings is 1. The summed E-state index contributed by atoms with van der Waals surface area (Å²) in [7, 11) is 0. The Labute approximate surface area is 113 Å². The summed E-state index contributed by atoms with van der Waals surface area (Å²) >= 11 is 5.80. The van der Waals surface area contributed by atoms with Crippen LogP contribution in [0.3, 0.4) is 0 Å². The van der Waals surface area contributed by atoms with E-state index in [-0.39, 0.29) is 11.9 Å². The summed E-state index contributed by atoms with van der Waals surface area (Å²) in [4.78, 5) is 12.0. The van der Waals surface area contributed by atoms with Gasteiger partial charge in [-0.25, -0.2) is 0 Å². The van der Waals surface area contributed by atoms with Crippen LogP contribution in [-0.2, 0) is 4.79 Å². The number of carbonyl (C=O) groups excluding carboxylic acids is 1. The number of ether oxygens (including phenoxy) is 1. The van der Waals surface area contributed by atoms with Crippen molar-refractivity contribution in [1.82, 2.24) is 5.32 Å². The molecule has 18 heavy (non-hydrogen) atoms. The fraction of sp³-hybridized carbons (Fsp3) is 0.500. The molecule has 1 aromatic carbocycles. The van der Waals surface area contributed by atoms with Crippen molar-refractivity contribution in [3.63, 3.8) is 0 Å². The van der Waals surface area contributed by atoms with E-state index in [0.717, 1.165) is 6.42 Å². The molecule has 1 aromatic rings. The highest BCUT2D eigenvalue weighted by atomic mass is 35.5. The maximum absolute atomic E-state index is 12.0. The van der Waals surface area contributed by atoms with Gasteiger partial charge >= 0.3 is 0 Å². The lowest BCUT2D eigenvalue weighted by molar-refractivity contribution is -0.128. The van der Waals surface area contributed by atoms with Crippen LogP contribution >= 0.6 is 11.6 Å². The van der Waals surface area contributed by atoms with Gasteiger partial charge < -0.3 is 10.1 Å². The molecule has 2 atom stereocenters. The summed E-state index contributed by atoms with van der Waals surface area (Å²) < 4.78 is 5.66. The second-order valence-corrected chi connectivity index (χ2v) is 4.72. The molecule has 1 amide bonds. The molecular weight excluding hydrogens is 250 g/mol. The Bertz CT molecular complexity index is 378. The van der Waals surface area contributed by atoms with Crippen LogP contribution in [0.1, 0.15) is 33.6 Å². The van der Waals surface area contributed by atoms with E-state index in [1.165, 1.54) is 0 Å². The third-order valence-corrected chi connectivity index (χ3v) is 3.01. The molecule has 2 unspecified atom stereocenters. The number of nitrogens with one attached hydrogen (secondary N) is 1. The highest BCUT2D eigenvalue weighted by Gasteiger charge is 2.19. The zero-order valence-corrected chi connectivity index (χ0v) is 11.8. The molecule has 0 aliphatic carbocycles. The summed E-state index contributed by atoms with van der Waals surface area (Å²) in [6, 6.07) is 7.19. The van der Waals surface area contributed by atoms with Crippen LogP contribution in [0.2, 0.25) is 5.02 Å². The Morgan fingerprint density at radius 1 is 1.28 bits per heavy atom. The smallest absolute Gasteiger partial charge is 0.261 e. The van der Waals surface area contributed by atoms with E-state index in [4.69, 9.17) is 16.3 Å². The van der Waals surface area contributed by atoms with Crippen LogP contribution in [0.4, 0.5) is 0 Å². The van der Waals surface area contributed by atoms with Crippen molar-refractivity contribution in [3.8, 4) is 5.75 Å². The van der Waals surface area contributed by atoms with Crippen molar-refractivity contribution >= 4 is 17.5 Å². The van der Waals surface area contributed by atoms with E-state index in [1.807, 2.05) is 20.8 Å². The first-order chi connectivity index (χ1) is 8.56. The second kappa shape index (κ2) is 7.27. The predicted molar refractivity (Wildman–Crippen MR) is 74.1 cm³/mol. The van der Waals surface area contributed by atoms with Gasteiger partial charge in [0.05, 0.1) is 0 Å². The first-order valence-corrected chi connectivity index (χ1v) is 6.67. The summed E-state index contributed by atoms with van der Waals surface area (Å²) in [6.07, 6.45) is 1.08. The first-order valence-electron chi connectivity index (χ1n) is 6.29. The summed E-state index contributed by atoms with van der Waals surface area (Å²) in [5.74, 6) is 0.590. The van der Waals surface area contributed by atoms with E-state index in [9.17, 15) is 4.79 Å². The maximum Gasteiger partial charge on any atom is 0.261 e. The van der Waals surface area contributed by atoms with Gasteiger partial charge in [-0.2, -0.15) is 0 Å². The summed E-state index contributed by atoms with van der Waals surface area (Å²) in [5.41, 5.74) is 0. The lowest BCUT2D eigenvalue weighted by Crippen LogP contribution is -2.42. The average molecular weight is 270 g/mol. The van der Waals surface area contributed by atoms with E-state index < -0.39 is 6.10 Å². The molecular formula is C14H20ClNO2. The molecule has 100 valence electrons. The topological polar surface area (TPSA) is 38.3 Å². The van der Waals surface area contributed by atoms with Crippen molar-refractivity contribution in [1.29, 1.82) is 0 Å². The molecule has 0 aromatic heterocycles. The highest BCUT2D eigenvalue weighted by molar-refractivity contribution is 6.30. The zero-order chi connectivity index (χ0) is 13.5. The molecule has 0 heterocycles. The van der Waals surface area contributed by atoms with Crippen LogP contribution in [-0.4, -0.2) is 18.1 Å². The fourth-order valence-electron chi connectivity index (χ4n) is 1.44. The van der Waals surface area contributed by atoms with Crippen LogP contribution in [0.25, 0.3) is 0 Å². The van der Waals surface area contributed by atoms with Gasteiger partial charge in [-0.1, -0.05) is 25.4 Å². The number of hydrogen-bond acceptors (Lipinski definition) is 2. The monoisotopic (exact) mass is 269 g/mol. The van der Waals surface area contributed by atoms with Crippen LogP contribution in [0, 0.1) is 0 Å². The van der Waals surface area contributed by atoms with Crippen molar-refractivity contribution in [3.05, 3.63) is 29.3 Å². The van der Waals surface area contributed by atoms with Gasteiger partial charge in [-0.3, -0.25) is 4.79 Å². The van der Waals surface area contributed by atoms with Gasteiger partial charge in [0, 0.05) is 11.1 Å². The number of halogens is 1. The Hall–Kier alpha value is -1.22. The molecule has 0 spiro atoms. The Morgan fingerprint density at radius 3 is 2.39 bits per heavy atom. The largest absolute Gasteiger partial charge is 0.481 e. The van der Waals surface area contributed by atoms with E-state index >= 15 is 0 Å². The minimum atomic E-state index is -0.458. The fourth-order valence-corrected chi connectivity index (χ4v) is 1.56. The van der Waals surface area contributed by atoms with Crippen molar-refractivity contribution in [2.45, 2.75) is 45.8 Å². The molecule has 3 nitrogen and oxygen atoms in total. The molecule has 0 fully saturated rings. The predicted octanol–water partition coefficient (Wildman–Crippen LogP) is 3.41. The van der Waals surface area contributed by atoms with Crippen LogP contribution in [0.5, 0.6) is 5.75 Å². The highest BCUT2D eigenvalue weighted by Crippen LogP contribution is 2.17. The minimum Gasteiger partial charge on any atom is -0.481 e. The molecule has 0 saturated carbocycles. The number of rotatable bonds is 6. The second-order valence-electron chi connectivity index (χ2n) is 4.29. The Kier molecular flexibility index (Phi) is 5.99. The third-order valence-electron chi connectivity index (χ3n) is 2.76. The first kappa shape index (κ1) is 14.8. The SMILES string of the molecule is CCC(C)NC(=O)C(CC)Oc1ccc(Cl)cc1. The normalized spacial score (nSPS) is 13.8. The Balaban J connectivity index is 2.61. The average Bonchev–Trinajstić information content (AvgIpc) is 2.37. The van der Waals surface area contributed by atoms with Gasteiger partial charge in [0.25, 0.3) is 5.91 Å². The lowest BCUT2D eigenvalue weighted by atomic mass is 10.2. The van der Waals surface area contributed by atoms with Gasteiger partial charge in [-0.15, -0.1) is 0 Å². The van der Waals surface area contributed by atoms with Crippen molar-refractivity contribution < 1.29 is 9.53 Å². The zero-order valence-electron chi connectivity index (χ0n) is 11.1. The molecule has 0 saturated heterocycles. The van der Waals surface area contributed by atoms with Crippen LogP contribution < -0.4 is 10.1 Å². The number of amides is 1. The molecule has 1 N–H and O–H groups in total. The molecule has 0 bridgehead atoms. The van der Waals surface area contributed by atoms with E-state index in [1.54, 1.807) is 24.3 Å². The number of hydrogen-bond donors (Lipinski definition) is 1. The van der Waals surface area contributed by atoms with Gasteiger partial charge in [-0.05, 0) is 44.0 Å². The standard InChI is InChI=1S/C14H20ClNO2/c1-4-10(3)16-14(17)13(5-2)18-12-8-6-11(15)7-9-12/h6-10,13H,4-5H2,1-3H3,(H,16,17). The van der Waals surface area contributed by atoms with Gasteiger partial charge in [0.15, 0.2) is 6.10 Å². The van der Waals surface area contributed by atoms with E-state index in [0.29, 0.717) is 17.2 Å². The summed E-state index contributed by atoms with van der Waals surface area (Å²) in [5, 5.41) is 3.57.